The first kappa shape index (κ1) is 14.7. The van der Waals surface area contributed by atoms with E-state index in [2.05, 4.69) is 41.0 Å². The zero-order chi connectivity index (χ0) is 14.8. The molecular weight excluding hydrogens is 276 g/mol. The van der Waals surface area contributed by atoms with E-state index < -0.39 is 0 Å². The Bertz CT molecular complexity index is 661. The van der Waals surface area contributed by atoms with Crippen molar-refractivity contribution < 1.29 is 0 Å². The van der Waals surface area contributed by atoms with E-state index in [1.807, 2.05) is 0 Å². The molecule has 106 valence electrons. The molecule has 0 amide bonds. The van der Waals surface area contributed by atoms with Crippen LogP contribution in [0.2, 0.25) is 5.02 Å². The van der Waals surface area contributed by atoms with E-state index in [0.717, 1.165) is 0 Å². The second kappa shape index (κ2) is 5.73. The number of hydrogen-bond donors (Lipinski definition) is 2. The molecule has 2 rings (SSSR count). The summed E-state index contributed by atoms with van der Waals surface area (Å²) in [6.07, 6.45) is 1.61. The van der Waals surface area contributed by atoms with Crippen molar-refractivity contribution in [2.45, 2.75) is 32.9 Å². The highest BCUT2D eigenvalue weighted by molar-refractivity contribution is 6.32. The van der Waals surface area contributed by atoms with Crippen LogP contribution in [0.15, 0.2) is 29.2 Å². The van der Waals surface area contributed by atoms with Gasteiger partial charge < -0.3 is 10.3 Å². The molecule has 5 nitrogen and oxygen atoms in total. The fraction of sp³-hybridized carbons (Fsp3) is 0.357. The predicted octanol–water partition coefficient (Wildman–Crippen LogP) is 2.37. The van der Waals surface area contributed by atoms with Crippen molar-refractivity contribution in [1.29, 1.82) is 0 Å². The van der Waals surface area contributed by atoms with Crippen molar-refractivity contribution >= 4 is 11.6 Å². The Morgan fingerprint density at radius 2 is 2.15 bits per heavy atom. The van der Waals surface area contributed by atoms with Crippen LogP contribution in [0.25, 0.3) is 11.5 Å². The third-order valence-corrected chi connectivity index (χ3v) is 2.88. The fourth-order valence-electron chi connectivity index (χ4n) is 1.63. The third-order valence-electron chi connectivity index (χ3n) is 2.58. The highest BCUT2D eigenvalue weighted by Gasteiger charge is 2.12. The minimum Gasteiger partial charge on any atom is -0.306 e. The standard InChI is InChI=1S/C14H17ClN4O/c1-14(2,3)17-8-9-7-11(20)19-13(18-9)12-10(15)5-4-6-16-12/h4-7,17H,8H2,1-3H3,(H,18,19,20). The maximum absolute atomic E-state index is 11.7. The number of H-pyrrole nitrogens is 1. The summed E-state index contributed by atoms with van der Waals surface area (Å²) in [5.74, 6) is 0.383. The van der Waals surface area contributed by atoms with Crippen LogP contribution in [0.4, 0.5) is 0 Å². The normalized spacial score (nSPS) is 11.6. The van der Waals surface area contributed by atoms with E-state index in [-0.39, 0.29) is 11.1 Å². The summed E-state index contributed by atoms with van der Waals surface area (Å²) in [5, 5.41) is 3.75. The van der Waals surface area contributed by atoms with Crippen molar-refractivity contribution in [3.05, 3.63) is 45.5 Å². The number of aromatic amines is 1. The molecule has 2 N–H and O–H groups in total. The zero-order valence-electron chi connectivity index (χ0n) is 11.7. The SMILES string of the molecule is CC(C)(C)NCc1cc(=O)[nH]c(-c2ncccc2Cl)n1. The Hall–Kier alpha value is -1.72. The molecule has 2 heterocycles. The van der Waals surface area contributed by atoms with Crippen LogP contribution in [-0.2, 0) is 6.54 Å². The highest BCUT2D eigenvalue weighted by atomic mass is 35.5. The summed E-state index contributed by atoms with van der Waals surface area (Å²) in [5.41, 5.74) is 0.860. The molecule has 0 atom stereocenters. The van der Waals surface area contributed by atoms with E-state index >= 15 is 0 Å². The third kappa shape index (κ3) is 3.88. The van der Waals surface area contributed by atoms with Gasteiger partial charge in [-0.25, -0.2) is 4.98 Å². The van der Waals surface area contributed by atoms with Crippen LogP contribution in [-0.4, -0.2) is 20.5 Å². The molecule has 0 saturated heterocycles. The second-order valence-electron chi connectivity index (χ2n) is 5.52. The van der Waals surface area contributed by atoms with E-state index in [0.29, 0.717) is 28.8 Å². The zero-order valence-corrected chi connectivity index (χ0v) is 12.5. The van der Waals surface area contributed by atoms with Gasteiger partial charge in [0.05, 0.1) is 10.7 Å². The first-order valence-electron chi connectivity index (χ1n) is 6.31. The van der Waals surface area contributed by atoms with Gasteiger partial charge in [0, 0.05) is 24.3 Å². The molecule has 0 aliphatic carbocycles. The molecular formula is C14H17ClN4O. The summed E-state index contributed by atoms with van der Waals surface area (Å²) >= 11 is 6.07. The quantitative estimate of drug-likeness (QED) is 0.911. The van der Waals surface area contributed by atoms with E-state index in [1.54, 1.807) is 18.3 Å². The molecule has 0 radical (unpaired) electrons. The number of nitrogens with one attached hydrogen (secondary N) is 2. The maximum atomic E-state index is 11.7. The number of halogens is 1. The summed E-state index contributed by atoms with van der Waals surface area (Å²) in [4.78, 5) is 22.9. The van der Waals surface area contributed by atoms with Crippen LogP contribution in [0.5, 0.6) is 0 Å². The van der Waals surface area contributed by atoms with Crippen molar-refractivity contribution in [3.8, 4) is 11.5 Å². The Kier molecular flexibility index (Phi) is 4.20. The number of pyridine rings is 1. The smallest absolute Gasteiger partial charge is 0.251 e. The Morgan fingerprint density at radius 3 is 2.80 bits per heavy atom. The molecule has 0 fully saturated rings. The van der Waals surface area contributed by atoms with Crippen molar-refractivity contribution in [2.75, 3.05) is 0 Å². The molecule has 0 saturated carbocycles. The molecule has 0 aliphatic heterocycles. The molecule has 0 bridgehead atoms. The van der Waals surface area contributed by atoms with Gasteiger partial charge in [-0.05, 0) is 32.9 Å². The van der Waals surface area contributed by atoms with Crippen LogP contribution >= 0.6 is 11.6 Å². The lowest BCUT2D eigenvalue weighted by Crippen LogP contribution is -2.35. The molecule has 20 heavy (non-hydrogen) atoms. The summed E-state index contributed by atoms with van der Waals surface area (Å²) < 4.78 is 0. The predicted molar refractivity (Wildman–Crippen MR) is 79.7 cm³/mol. The lowest BCUT2D eigenvalue weighted by molar-refractivity contribution is 0.421. The minimum atomic E-state index is -0.220. The molecule has 6 heteroatoms. The van der Waals surface area contributed by atoms with Crippen molar-refractivity contribution in [1.82, 2.24) is 20.3 Å². The van der Waals surface area contributed by atoms with Gasteiger partial charge in [-0.2, -0.15) is 0 Å². The van der Waals surface area contributed by atoms with E-state index in [4.69, 9.17) is 11.6 Å². The largest absolute Gasteiger partial charge is 0.306 e. The first-order valence-corrected chi connectivity index (χ1v) is 6.69. The highest BCUT2D eigenvalue weighted by Crippen LogP contribution is 2.21. The van der Waals surface area contributed by atoms with Crippen LogP contribution < -0.4 is 10.9 Å². The average molecular weight is 293 g/mol. The molecule has 0 aliphatic rings. The monoisotopic (exact) mass is 292 g/mol. The summed E-state index contributed by atoms with van der Waals surface area (Å²) in [6.45, 7) is 6.66. The second-order valence-corrected chi connectivity index (χ2v) is 5.93. The fourth-order valence-corrected chi connectivity index (χ4v) is 1.84. The lowest BCUT2D eigenvalue weighted by Gasteiger charge is -2.20. The number of nitrogens with zero attached hydrogens (tertiary/aromatic N) is 2. The Morgan fingerprint density at radius 1 is 1.40 bits per heavy atom. The van der Waals surface area contributed by atoms with Crippen LogP contribution in [0.3, 0.4) is 0 Å². The maximum Gasteiger partial charge on any atom is 0.251 e. The van der Waals surface area contributed by atoms with Crippen molar-refractivity contribution in [3.63, 3.8) is 0 Å². The van der Waals surface area contributed by atoms with Gasteiger partial charge in [-0.15, -0.1) is 0 Å². The Labute approximate surface area is 122 Å². The average Bonchev–Trinajstić information content (AvgIpc) is 2.35. The summed E-state index contributed by atoms with van der Waals surface area (Å²) in [7, 11) is 0. The van der Waals surface area contributed by atoms with Gasteiger partial charge in [-0.1, -0.05) is 11.6 Å². The number of hydrogen-bond acceptors (Lipinski definition) is 4. The molecule has 2 aromatic heterocycles. The lowest BCUT2D eigenvalue weighted by atomic mass is 10.1. The van der Waals surface area contributed by atoms with Gasteiger partial charge in [0.25, 0.3) is 5.56 Å². The Balaban J connectivity index is 2.35. The van der Waals surface area contributed by atoms with E-state index in [9.17, 15) is 4.79 Å². The molecule has 0 spiro atoms. The molecule has 0 unspecified atom stereocenters. The van der Waals surface area contributed by atoms with Crippen molar-refractivity contribution in [2.24, 2.45) is 0 Å². The molecule has 2 aromatic rings. The van der Waals surface area contributed by atoms with Gasteiger partial charge in [-0.3, -0.25) is 9.78 Å². The summed E-state index contributed by atoms with van der Waals surface area (Å²) in [6, 6.07) is 4.91. The molecule has 0 aromatic carbocycles. The number of rotatable bonds is 3. The van der Waals surface area contributed by atoms with Crippen LogP contribution in [0.1, 0.15) is 26.5 Å². The van der Waals surface area contributed by atoms with Gasteiger partial charge >= 0.3 is 0 Å². The van der Waals surface area contributed by atoms with Gasteiger partial charge in [0.2, 0.25) is 0 Å². The number of aromatic nitrogens is 3. The first-order chi connectivity index (χ1) is 9.35. The van der Waals surface area contributed by atoms with Gasteiger partial charge in [0.15, 0.2) is 5.82 Å². The van der Waals surface area contributed by atoms with Crippen LogP contribution in [0, 0.1) is 0 Å². The topological polar surface area (TPSA) is 70.7 Å². The van der Waals surface area contributed by atoms with E-state index in [1.165, 1.54) is 6.07 Å². The minimum absolute atomic E-state index is 0.0485. The van der Waals surface area contributed by atoms with Gasteiger partial charge in [0.1, 0.15) is 5.69 Å².